The Morgan fingerprint density at radius 2 is 2.00 bits per heavy atom. The lowest BCUT2D eigenvalue weighted by atomic mass is 10.1. The molecular weight excluding hydrogens is 284 g/mol. The van der Waals surface area contributed by atoms with E-state index in [0.29, 0.717) is 17.6 Å². The van der Waals surface area contributed by atoms with Crippen LogP contribution in [0.2, 0.25) is 5.15 Å². The van der Waals surface area contributed by atoms with E-state index in [1.165, 1.54) is 5.56 Å². The Morgan fingerprint density at radius 3 is 2.71 bits per heavy atom. The monoisotopic (exact) mass is 300 g/mol. The SMILES string of the molecule is CC(C)c1cnn2c(NCc3ccccc3)cc(Cl)nc12. The van der Waals surface area contributed by atoms with Crippen molar-refractivity contribution in [3.05, 3.63) is 58.9 Å². The first-order chi connectivity index (χ1) is 10.1. The predicted molar refractivity (Wildman–Crippen MR) is 85.9 cm³/mol. The largest absolute Gasteiger partial charge is 0.366 e. The summed E-state index contributed by atoms with van der Waals surface area (Å²) in [5.41, 5.74) is 3.11. The first-order valence-electron chi connectivity index (χ1n) is 6.97. The maximum atomic E-state index is 6.15. The van der Waals surface area contributed by atoms with E-state index in [4.69, 9.17) is 11.6 Å². The Kier molecular flexibility index (Phi) is 3.80. The molecule has 0 radical (unpaired) electrons. The van der Waals surface area contributed by atoms with Crippen LogP contribution in [0.1, 0.15) is 30.9 Å². The molecular formula is C16H17ClN4. The van der Waals surface area contributed by atoms with Crippen LogP contribution in [0, 0.1) is 0 Å². The van der Waals surface area contributed by atoms with Crippen LogP contribution in [0.3, 0.4) is 0 Å². The first-order valence-corrected chi connectivity index (χ1v) is 7.35. The van der Waals surface area contributed by atoms with Crippen molar-refractivity contribution in [2.75, 3.05) is 5.32 Å². The summed E-state index contributed by atoms with van der Waals surface area (Å²) in [4.78, 5) is 4.40. The maximum absolute atomic E-state index is 6.15. The second kappa shape index (κ2) is 5.74. The molecule has 0 aliphatic heterocycles. The minimum atomic E-state index is 0.357. The zero-order chi connectivity index (χ0) is 14.8. The van der Waals surface area contributed by atoms with E-state index < -0.39 is 0 Å². The smallest absolute Gasteiger partial charge is 0.162 e. The zero-order valence-electron chi connectivity index (χ0n) is 12.0. The third-order valence-electron chi connectivity index (χ3n) is 3.41. The van der Waals surface area contributed by atoms with Crippen molar-refractivity contribution >= 4 is 23.1 Å². The molecule has 0 fully saturated rings. The molecule has 5 heteroatoms. The van der Waals surface area contributed by atoms with Crippen LogP contribution in [0.5, 0.6) is 0 Å². The molecule has 0 saturated heterocycles. The fourth-order valence-electron chi connectivity index (χ4n) is 2.27. The van der Waals surface area contributed by atoms with Crippen molar-refractivity contribution in [1.82, 2.24) is 14.6 Å². The van der Waals surface area contributed by atoms with Crippen molar-refractivity contribution in [3.8, 4) is 0 Å². The van der Waals surface area contributed by atoms with Gasteiger partial charge in [0.15, 0.2) is 5.65 Å². The summed E-state index contributed by atoms with van der Waals surface area (Å²) >= 11 is 6.15. The summed E-state index contributed by atoms with van der Waals surface area (Å²) in [6.07, 6.45) is 1.86. The summed E-state index contributed by atoms with van der Waals surface area (Å²) in [5, 5.41) is 8.27. The van der Waals surface area contributed by atoms with Gasteiger partial charge in [0.2, 0.25) is 0 Å². The van der Waals surface area contributed by atoms with Gasteiger partial charge < -0.3 is 5.32 Å². The molecule has 0 bridgehead atoms. The highest BCUT2D eigenvalue weighted by atomic mass is 35.5. The molecule has 0 aliphatic rings. The molecule has 0 amide bonds. The molecule has 3 aromatic rings. The van der Waals surface area contributed by atoms with Crippen LogP contribution in [0.25, 0.3) is 5.65 Å². The molecule has 0 unspecified atom stereocenters. The van der Waals surface area contributed by atoms with Gasteiger partial charge in [-0.2, -0.15) is 9.61 Å². The van der Waals surface area contributed by atoms with Gasteiger partial charge in [0.05, 0.1) is 6.20 Å². The number of nitrogens with zero attached hydrogens (tertiary/aromatic N) is 3. The van der Waals surface area contributed by atoms with Crippen LogP contribution in [0.15, 0.2) is 42.6 Å². The van der Waals surface area contributed by atoms with Crippen LogP contribution >= 0.6 is 11.6 Å². The number of hydrogen-bond donors (Lipinski definition) is 1. The second-order valence-electron chi connectivity index (χ2n) is 5.29. The molecule has 0 aliphatic carbocycles. The Labute approximate surface area is 128 Å². The van der Waals surface area contributed by atoms with Gasteiger partial charge in [0.1, 0.15) is 11.0 Å². The molecule has 4 nitrogen and oxygen atoms in total. The first kappa shape index (κ1) is 13.9. The Bertz CT molecular complexity index is 750. The number of rotatable bonds is 4. The zero-order valence-corrected chi connectivity index (χ0v) is 12.8. The average Bonchev–Trinajstić information content (AvgIpc) is 2.89. The fourth-order valence-corrected chi connectivity index (χ4v) is 2.46. The number of halogens is 1. The number of anilines is 1. The number of fused-ring (bicyclic) bond motifs is 1. The normalized spacial score (nSPS) is 11.2. The number of benzene rings is 1. The van der Waals surface area contributed by atoms with E-state index in [2.05, 4.69) is 41.4 Å². The predicted octanol–water partition coefficient (Wildman–Crippen LogP) is 4.12. The molecule has 0 atom stereocenters. The molecule has 1 N–H and O–H groups in total. The van der Waals surface area contributed by atoms with E-state index in [-0.39, 0.29) is 0 Å². The Morgan fingerprint density at radius 1 is 1.24 bits per heavy atom. The highest BCUT2D eigenvalue weighted by Crippen LogP contribution is 2.24. The average molecular weight is 301 g/mol. The van der Waals surface area contributed by atoms with Crippen molar-refractivity contribution in [2.45, 2.75) is 26.3 Å². The lowest BCUT2D eigenvalue weighted by molar-refractivity contribution is 0.871. The van der Waals surface area contributed by atoms with Gasteiger partial charge >= 0.3 is 0 Å². The summed E-state index contributed by atoms with van der Waals surface area (Å²) < 4.78 is 1.81. The topological polar surface area (TPSA) is 42.2 Å². The summed E-state index contributed by atoms with van der Waals surface area (Å²) in [6, 6.07) is 12.0. The van der Waals surface area contributed by atoms with Gasteiger partial charge in [-0.1, -0.05) is 55.8 Å². The summed E-state index contributed by atoms with van der Waals surface area (Å²) in [6.45, 7) is 4.96. The van der Waals surface area contributed by atoms with Crippen LogP contribution in [0.4, 0.5) is 5.82 Å². The Hall–Kier alpha value is -2.07. The van der Waals surface area contributed by atoms with Crippen molar-refractivity contribution in [3.63, 3.8) is 0 Å². The van der Waals surface area contributed by atoms with Gasteiger partial charge in [0.25, 0.3) is 0 Å². The van der Waals surface area contributed by atoms with Crippen LogP contribution in [-0.4, -0.2) is 14.6 Å². The van der Waals surface area contributed by atoms with Crippen LogP contribution in [-0.2, 0) is 6.54 Å². The molecule has 2 aromatic heterocycles. The summed E-state index contributed by atoms with van der Waals surface area (Å²) in [5.74, 6) is 1.20. The number of hydrogen-bond acceptors (Lipinski definition) is 3. The molecule has 3 rings (SSSR count). The van der Waals surface area contributed by atoms with Crippen molar-refractivity contribution in [2.24, 2.45) is 0 Å². The third kappa shape index (κ3) is 2.85. The van der Waals surface area contributed by atoms with Gasteiger partial charge in [-0.25, -0.2) is 4.98 Å². The van der Waals surface area contributed by atoms with E-state index in [1.54, 1.807) is 6.07 Å². The summed E-state index contributed by atoms with van der Waals surface area (Å²) in [7, 11) is 0. The number of aromatic nitrogens is 3. The van der Waals surface area contributed by atoms with E-state index in [9.17, 15) is 0 Å². The highest BCUT2D eigenvalue weighted by molar-refractivity contribution is 6.29. The van der Waals surface area contributed by atoms with Gasteiger partial charge in [-0.3, -0.25) is 0 Å². The lowest BCUT2D eigenvalue weighted by Crippen LogP contribution is -2.06. The number of nitrogens with one attached hydrogen (secondary N) is 1. The van der Waals surface area contributed by atoms with Gasteiger partial charge in [-0.15, -0.1) is 0 Å². The fraction of sp³-hybridized carbons (Fsp3) is 0.250. The minimum Gasteiger partial charge on any atom is -0.366 e. The van der Waals surface area contributed by atoms with E-state index in [1.807, 2.05) is 28.9 Å². The lowest BCUT2D eigenvalue weighted by Gasteiger charge is -2.10. The molecule has 1 aromatic carbocycles. The molecule has 0 saturated carbocycles. The Balaban J connectivity index is 1.95. The standard InChI is InChI=1S/C16H17ClN4/c1-11(2)13-10-19-21-15(8-14(17)20-16(13)21)18-9-12-6-4-3-5-7-12/h3-8,10-11,18H,9H2,1-2H3. The molecule has 108 valence electrons. The van der Waals surface area contributed by atoms with Crippen molar-refractivity contribution in [1.29, 1.82) is 0 Å². The van der Waals surface area contributed by atoms with Gasteiger partial charge in [-0.05, 0) is 11.5 Å². The third-order valence-corrected chi connectivity index (χ3v) is 3.60. The van der Waals surface area contributed by atoms with E-state index in [0.717, 1.165) is 17.0 Å². The van der Waals surface area contributed by atoms with Crippen LogP contribution < -0.4 is 5.32 Å². The molecule has 21 heavy (non-hydrogen) atoms. The van der Waals surface area contributed by atoms with E-state index >= 15 is 0 Å². The quantitative estimate of drug-likeness (QED) is 0.737. The highest BCUT2D eigenvalue weighted by Gasteiger charge is 2.13. The van der Waals surface area contributed by atoms with Crippen molar-refractivity contribution < 1.29 is 0 Å². The molecule has 0 spiro atoms. The maximum Gasteiger partial charge on any atom is 0.162 e. The minimum absolute atomic E-state index is 0.357. The molecule has 2 heterocycles. The second-order valence-corrected chi connectivity index (χ2v) is 5.68. The van der Waals surface area contributed by atoms with Gasteiger partial charge in [0, 0.05) is 18.2 Å².